The molecule has 0 atom stereocenters. The van der Waals surface area contributed by atoms with Gasteiger partial charge in [0.1, 0.15) is 6.54 Å². The lowest BCUT2D eigenvalue weighted by Crippen LogP contribution is -2.48. The van der Waals surface area contributed by atoms with Crippen molar-refractivity contribution in [2.45, 2.75) is 32.5 Å². The average molecular weight is 238 g/mol. The van der Waals surface area contributed by atoms with Crippen LogP contribution < -0.4 is 5.32 Å². The molecule has 6 heteroatoms. The molecule has 1 fully saturated rings. The van der Waals surface area contributed by atoms with Crippen molar-refractivity contribution in [2.24, 2.45) is 5.92 Å². The minimum absolute atomic E-state index is 0.196. The number of alkyl halides is 3. The van der Waals surface area contributed by atoms with E-state index in [0.717, 1.165) is 18.0 Å². The van der Waals surface area contributed by atoms with Crippen molar-refractivity contribution in [3.05, 3.63) is 0 Å². The van der Waals surface area contributed by atoms with Crippen LogP contribution in [-0.2, 0) is 4.79 Å². The van der Waals surface area contributed by atoms with E-state index < -0.39 is 24.7 Å². The van der Waals surface area contributed by atoms with Crippen LogP contribution >= 0.6 is 0 Å². The van der Waals surface area contributed by atoms with Gasteiger partial charge >= 0.3 is 6.18 Å². The van der Waals surface area contributed by atoms with Crippen molar-refractivity contribution < 1.29 is 18.0 Å². The van der Waals surface area contributed by atoms with Crippen molar-refractivity contribution in [3.8, 4) is 0 Å². The maximum absolute atomic E-state index is 12.3. The molecule has 0 spiro atoms. The van der Waals surface area contributed by atoms with Crippen LogP contribution in [0.3, 0.4) is 0 Å². The molecule has 0 aliphatic carbocycles. The normalized spacial score (nSPS) is 17.4. The lowest BCUT2D eigenvalue weighted by molar-refractivity contribution is -0.165. The Kier molecular flexibility index (Phi) is 4.18. The number of nitrogens with zero attached hydrogens (tertiary/aromatic N) is 1. The van der Waals surface area contributed by atoms with Gasteiger partial charge in [0, 0.05) is 12.5 Å². The predicted octanol–water partition coefficient (Wildman–Crippen LogP) is 1.40. The summed E-state index contributed by atoms with van der Waals surface area (Å²) in [5, 5.41) is 2.99. The van der Waals surface area contributed by atoms with Gasteiger partial charge in [0.05, 0.1) is 0 Å². The van der Waals surface area contributed by atoms with Crippen LogP contribution in [-0.4, -0.2) is 42.7 Å². The molecular formula is C10H17F3N2O. The minimum Gasteiger partial charge on any atom is -0.331 e. The van der Waals surface area contributed by atoms with E-state index in [9.17, 15) is 18.0 Å². The van der Waals surface area contributed by atoms with Crippen LogP contribution in [0.1, 0.15) is 20.3 Å². The van der Waals surface area contributed by atoms with E-state index in [0.29, 0.717) is 0 Å². The van der Waals surface area contributed by atoms with Crippen LogP contribution in [0.25, 0.3) is 0 Å². The Morgan fingerprint density at radius 2 is 2.00 bits per heavy atom. The van der Waals surface area contributed by atoms with Crippen LogP contribution in [0.5, 0.6) is 0 Å². The zero-order chi connectivity index (χ0) is 12.3. The summed E-state index contributed by atoms with van der Waals surface area (Å²) in [6.45, 7) is 3.50. The summed E-state index contributed by atoms with van der Waals surface area (Å²) in [7, 11) is 0. The molecule has 0 bridgehead atoms. The second kappa shape index (κ2) is 5.03. The maximum atomic E-state index is 12.3. The molecule has 1 heterocycles. The summed E-state index contributed by atoms with van der Waals surface area (Å²) >= 11 is 0. The van der Waals surface area contributed by atoms with Gasteiger partial charge in [0.25, 0.3) is 0 Å². The van der Waals surface area contributed by atoms with E-state index in [1.54, 1.807) is 13.8 Å². The Morgan fingerprint density at radius 1 is 1.44 bits per heavy atom. The summed E-state index contributed by atoms with van der Waals surface area (Å²) in [4.78, 5) is 12.6. The first-order chi connectivity index (χ1) is 7.29. The van der Waals surface area contributed by atoms with E-state index in [2.05, 4.69) is 5.32 Å². The molecule has 1 saturated heterocycles. The molecule has 0 aromatic heterocycles. The molecule has 1 rings (SSSR count). The number of carbonyl (C=O) groups is 1. The van der Waals surface area contributed by atoms with Crippen molar-refractivity contribution in [1.29, 1.82) is 0 Å². The van der Waals surface area contributed by atoms with E-state index in [4.69, 9.17) is 0 Å². The first-order valence-electron chi connectivity index (χ1n) is 5.36. The van der Waals surface area contributed by atoms with Gasteiger partial charge in [0.15, 0.2) is 0 Å². The van der Waals surface area contributed by atoms with Gasteiger partial charge in [-0.05, 0) is 32.9 Å². The van der Waals surface area contributed by atoms with Crippen LogP contribution in [0.2, 0.25) is 0 Å². The summed E-state index contributed by atoms with van der Waals surface area (Å²) < 4.78 is 36.8. The molecule has 1 aliphatic heterocycles. The molecular weight excluding hydrogens is 221 g/mol. The van der Waals surface area contributed by atoms with Crippen LogP contribution in [0, 0.1) is 5.92 Å². The summed E-state index contributed by atoms with van der Waals surface area (Å²) in [6.07, 6.45) is -4.11. The molecule has 16 heavy (non-hydrogen) atoms. The van der Waals surface area contributed by atoms with Gasteiger partial charge in [-0.15, -0.1) is 0 Å². The number of amides is 1. The van der Waals surface area contributed by atoms with Crippen LogP contribution in [0.15, 0.2) is 0 Å². The Hall–Kier alpha value is -0.780. The van der Waals surface area contributed by atoms with Crippen molar-refractivity contribution in [1.82, 2.24) is 10.2 Å². The highest BCUT2D eigenvalue weighted by Crippen LogP contribution is 2.20. The topological polar surface area (TPSA) is 32.3 Å². The van der Waals surface area contributed by atoms with Gasteiger partial charge < -0.3 is 10.2 Å². The second-order valence-electron chi connectivity index (χ2n) is 4.46. The zero-order valence-corrected chi connectivity index (χ0v) is 9.47. The van der Waals surface area contributed by atoms with E-state index >= 15 is 0 Å². The van der Waals surface area contributed by atoms with E-state index in [1.807, 2.05) is 0 Å². The number of hydrogen-bond donors (Lipinski definition) is 1. The third-order valence-corrected chi connectivity index (χ3v) is 2.62. The molecule has 0 saturated carbocycles. The third-order valence-electron chi connectivity index (χ3n) is 2.62. The number of rotatable bonds is 4. The highest BCUT2D eigenvalue weighted by molar-refractivity contribution is 5.77. The van der Waals surface area contributed by atoms with E-state index in [-0.39, 0.29) is 12.3 Å². The maximum Gasteiger partial charge on any atom is 0.406 e. The lowest BCUT2D eigenvalue weighted by atomic mass is 9.98. The molecule has 0 aromatic rings. The number of nitrogens with one attached hydrogen (secondary N) is 1. The molecule has 1 N–H and O–H groups in total. The predicted molar refractivity (Wildman–Crippen MR) is 53.9 cm³/mol. The number of hydrogen-bond acceptors (Lipinski definition) is 2. The fourth-order valence-electron chi connectivity index (χ4n) is 1.61. The summed E-state index contributed by atoms with van der Waals surface area (Å²) in [5.41, 5.74) is 0. The van der Waals surface area contributed by atoms with E-state index in [1.165, 1.54) is 0 Å². The lowest BCUT2D eigenvalue weighted by Gasteiger charge is -2.32. The van der Waals surface area contributed by atoms with Gasteiger partial charge in [-0.2, -0.15) is 13.2 Å². The van der Waals surface area contributed by atoms with Gasteiger partial charge in [0.2, 0.25) is 5.91 Å². The average Bonchev–Trinajstić information content (AvgIpc) is 2.05. The molecule has 3 nitrogen and oxygen atoms in total. The minimum atomic E-state index is -4.32. The fraction of sp³-hybridized carbons (Fsp3) is 0.900. The van der Waals surface area contributed by atoms with Gasteiger partial charge in [-0.3, -0.25) is 4.79 Å². The summed E-state index contributed by atoms with van der Waals surface area (Å²) in [5.74, 6) is -0.208. The number of carbonyl (C=O) groups excluding carboxylic acids is 1. The van der Waals surface area contributed by atoms with Gasteiger partial charge in [-0.1, -0.05) is 0 Å². The van der Waals surface area contributed by atoms with Crippen molar-refractivity contribution >= 4 is 5.91 Å². The second-order valence-corrected chi connectivity index (χ2v) is 4.46. The first kappa shape index (κ1) is 13.3. The zero-order valence-electron chi connectivity index (χ0n) is 9.47. The highest BCUT2D eigenvalue weighted by atomic mass is 19.4. The molecule has 94 valence electrons. The Bertz CT molecular complexity index is 249. The molecule has 1 aliphatic rings. The molecule has 0 unspecified atom stereocenters. The highest BCUT2D eigenvalue weighted by Gasteiger charge is 2.35. The Balaban J connectivity index is 2.51. The Labute approximate surface area is 93.0 Å². The smallest absolute Gasteiger partial charge is 0.331 e. The van der Waals surface area contributed by atoms with Gasteiger partial charge in [-0.25, -0.2) is 0 Å². The number of halogens is 3. The van der Waals surface area contributed by atoms with Crippen molar-refractivity contribution in [2.75, 3.05) is 19.6 Å². The quantitative estimate of drug-likeness (QED) is 0.802. The summed E-state index contributed by atoms with van der Waals surface area (Å²) in [6, 6.07) is -0.415. The SMILES string of the molecule is CC(C)N(CC(F)(F)F)C(=O)CC1CNC1. The monoisotopic (exact) mass is 238 g/mol. The molecule has 0 aromatic carbocycles. The third kappa shape index (κ3) is 4.00. The van der Waals surface area contributed by atoms with Crippen LogP contribution in [0.4, 0.5) is 13.2 Å². The fourth-order valence-corrected chi connectivity index (χ4v) is 1.61. The molecule has 1 amide bonds. The molecule has 0 radical (unpaired) electrons. The largest absolute Gasteiger partial charge is 0.406 e. The van der Waals surface area contributed by atoms with Crippen molar-refractivity contribution in [3.63, 3.8) is 0 Å². The first-order valence-corrected chi connectivity index (χ1v) is 5.36. The standard InChI is InChI=1S/C10H17F3N2O/c1-7(2)15(6-10(11,12)13)9(16)3-8-4-14-5-8/h7-8,14H,3-6H2,1-2H3. The Morgan fingerprint density at radius 3 is 2.31 bits per heavy atom.